The van der Waals surface area contributed by atoms with Crippen LogP contribution in [0.3, 0.4) is 0 Å². The van der Waals surface area contributed by atoms with Gasteiger partial charge in [0.15, 0.2) is 0 Å². The van der Waals surface area contributed by atoms with Crippen molar-refractivity contribution in [1.82, 2.24) is 14.9 Å². The number of nitrogens with one attached hydrogen (secondary N) is 2. The summed E-state index contributed by atoms with van der Waals surface area (Å²) in [6.45, 7) is -0.111. The van der Waals surface area contributed by atoms with Gasteiger partial charge in [0, 0.05) is 6.54 Å². The highest BCUT2D eigenvalue weighted by molar-refractivity contribution is 6.28. The van der Waals surface area contributed by atoms with Crippen LogP contribution in [-0.4, -0.2) is 35.0 Å². The quantitative estimate of drug-likeness (QED) is 0.610. The Hall–Kier alpha value is -2.46. The van der Waals surface area contributed by atoms with E-state index in [2.05, 4.69) is 15.3 Å². The summed E-state index contributed by atoms with van der Waals surface area (Å²) in [6, 6.07) is 0.360. The largest absolute Gasteiger partial charge is 0.416 e. The minimum atomic E-state index is -4.70. The Morgan fingerprint density at radius 2 is 1.81 bits per heavy atom. The number of urea groups is 1. The number of halogens is 5. The lowest BCUT2D eigenvalue weighted by atomic mass is 10.0. The minimum Gasteiger partial charge on any atom is -0.305 e. The van der Waals surface area contributed by atoms with Crippen LogP contribution in [-0.2, 0) is 12.7 Å². The fourth-order valence-corrected chi connectivity index (χ4v) is 2.20. The maximum absolute atomic E-state index is 14.2. The molecule has 0 saturated heterocycles. The van der Waals surface area contributed by atoms with Crippen LogP contribution in [0.15, 0.2) is 24.5 Å². The summed E-state index contributed by atoms with van der Waals surface area (Å²) in [5.41, 5.74) is -1.74. The van der Waals surface area contributed by atoms with Gasteiger partial charge in [-0.3, -0.25) is 0 Å². The molecule has 2 N–H and O–H groups in total. The lowest BCUT2D eigenvalue weighted by Crippen LogP contribution is -2.22. The molecular weight excluding hydrogens is 378 g/mol. The molecule has 0 unspecified atom stereocenters. The van der Waals surface area contributed by atoms with Gasteiger partial charge in [-0.2, -0.15) is 13.2 Å². The number of aromatic nitrogens is 2. The molecule has 0 bridgehead atoms. The van der Waals surface area contributed by atoms with Crippen molar-refractivity contribution < 1.29 is 22.4 Å². The summed E-state index contributed by atoms with van der Waals surface area (Å²) in [6.07, 6.45) is -2.32. The van der Waals surface area contributed by atoms with Gasteiger partial charge in [0.2, 0.25) is 5.28 Å². The van der Waals surface area contributed by atoms with Crippen LogP contribution in [0, 0.1) is 5.82 Å². The first-order chi connectivity index (χ1) is 12.1. The summed E-state index contributed by atoms with van der Waals surface area (Å²) in [5.74, 6) is -0.989. The third-order valence-electron chi connectivity index (χ3n) is 3.11. The Morgan fingerprint density at radius 3 is 2.35 bits per heavy atom. The van der Waals surface area contributed by atoms with E-state index in [0.717, 1.165) is 6.07 Å². The first-order valence-electron chi connectivity index (χ1n) is 7.16. The second-order valence-corrected chi connectivity index (χ2v) is 5.88. The van der Waals surface area contributed by atoms with Crippen molar-refractivity contribution in [3.05, 3.63) is 46.8 Å². The standard InChI is InChI=1S/C15H14ClF4N5O/c1-25(2)7-8-3-11(17)12(4-10(8)15(18,19)20)24-14(26)23-9-5-21-13(16)22-6-9/h3-6H,7H2,1-2H3,(H2,23,24,26). The molecule has 26 heavy (non-hydrogen) atoms. The SMILES string of the molecule is CN(C)Cc1cc(F)c(NC(=O)Nc2cnc(Cl)nc2)cc1C(F)(F)F. The molecule has 0 radical (unpaired) electrons. The van der Waals surface area contributed by atoms with Crippen LogP contribution < -0.4 is 10.6 Å². The number of amides is 2. The summed E-state index contributed by atoms with van der Waals surface area (Å²) >= 11 is 5.50. The number of hydrogen-bond acceptors (Lipinski definition) is 4. The number of benzene rings is 1. The Balaban J connectivity index is 2.25. The maximum atomic E-state index is 14.2. The van der Waals surface area contributed by atoms with Gasteiger partial charge in [0.05, 0.1) is 29.3 Å². The molecule has 2 aromatic rings. The molecule has 11 heteroatoms. The van der Waals surface area contributed by atoms with E-state index in [9.17, 15) is 22.4 Å². The molecule has 1 aromatic carbocycles. The number of carbonyl (C=O) groups is 1. The lowest BCUT2D eigenvalue weighted by Gasteiger charge is -2.18. The Labute approximate surface area is 151 Å². The smallest absolute Gasteiger partial charge is 0.305 e. The second kappa shape index (κ2) is 7.83. The molecule has 0 atom stereocenters. The average Bonchev–Trinajstić information content (AvgIpc) is 2.50. The van der Waals surface area contributed by atoms with E-state index in [1.54, 1.807) is 14.1 Å². The van der Waals surface area contributed by atoms with Crippen molar-refractivity contribution in [3.63, 3.8) is 0 Å². The highest BCUT2D eigenvalue weighted by atomic mass is 35.5. The first kappa shape index (κ1) is 19.9. The van der Waals surface area contributed by atoms with Crippen LogP contribution in [0.25, 0.3) is 0 Å². The normalized spacial score (nSPS) is 11.5. The van der Waals surface area contributed by atoms with Crippen LogP contribution in [0.5, 0.6) is 0 Å². The highest BCUT2D eigenvalue weighted by Gasteiger charge is 2.34. The zero-order valence-electron chi connectivity index (χ0n) is 13.7. The van der Waals surface area contributed by atoms with E-state index >= 15 is 0 Å². The molecule has 0 aliphatic rings. The highest BCUT2D eigenvalue weighted by Crippen LogP contribution is 2.35. The van der Waals surface area contributed by atoms with Gasteiger partial charge in [-0.05, 0) is 43.4 Å². The van der Waals surface area contributed by atoms with Crippen LogP contribution in [0.4, 0.5) is 33.7 Å². The van der Waals surface area contributed by atoms with Crippen molar-refractivity contribution in [2.24, 2.45) is 0 Å². The fraction of sp³-hybridized carbons (Fsp3) is 0.267. The van der Waals surface area contributed by atoms with Gasteiger partial charge in [-0.25, -0.2) is 19.2 Å². The summed E-state index contributed by atoms with van der Waals surface area (Å²) < 4.78 is 53.9. The van der Waals surface area contributed by atoms with Crippen molar-refractivity contribution in [2.45, 2.75) is 12.7 Å². The van der Waals surface area contributed by atoms with Crippen LogP contribution >= 0.6 is 11.6 Å². The molecular formula is C15H14ClF4N5O. The number of rotatable bonds is 4. The third kappa shape index (κ3) is 5.27. The molecule has 140 valence electrons. The predicted octanol–water partition coefficient (Wildman–Crippen LogP) is 3.99. The molecule has 0 saturated carbocycles. The van der Waals surface area contributed by atoms with Crippen LogP contribution in [0.1, 0.15) is 11.1 Å². The molecule has 1 aromatic heterocycles. The third-order valence-corrected chi connectivity index (χ3v) is 3.31. The average molecular weight is 392 g/mol. The van der Waals surface area contributed by atoms with Gasteiger partial charge in [-0.1, -0.05) is 0 Å². The zero-order chi connectivity index (χ0) is 19.5. The number of hydrogen-bond donors (Lipinski definition) is 2. The number of nitrogens with zero attached hydrogens (tertiary/aromatic N) is 3. The van der Waals surface area contributed by atoms with E-state index in [1.165, 1.54) is 17.3 Å². The molecule has 1 heterocycles. The van der Waals surface area contributed by atoms with E-state index in [0.29, 0.717) is 6.07 Å². The zero-order valence-corrected chi connectivity index (χ0v) is 14.4. The topological polar surface area (TPSA) is 70.2 Å². The summed E-state index contributed by atoms with van der Waals surface area (Å²) in [7, 11) is 3.12. The van der Waals surface area contributed by atoms with Crippen molar-refractivity contribution in [1.29, 1.82) is 0 Å². The molecule has 0 fully saturated rings. The molecule has 0 spiro atoms. The molecule has 2 rings (SSSR count). The molecule has 6 nitrogen and oxygen atoms in total. The molecule has 0 aliphatic heterocycles. The van der Waals surface area contributed by atoms with Gasteiger partial charge in [0.1, 0.15) is 5.82 Å². The fourth-order valence-electron chi connectivity index (χ4n) is 2.11. The maximum Gasteiger partial charge on any atom is 0.416 e. The Bertz CT molecular complexity index is 796. The van der Waals surface area contributed by atoms with E-state index in [1.807, 2.05) is 5.32 Å². The van der Waals surface area contributed by atoms with E-state index in [4.69, 9.17) is 11.6 Å². The number of anilines is 2. The van der Waals surface area contributed by atoms with Gasteiger partial charge >= 0.3 is 12.2 Å². The second-order valence-electron chi connectivity index (χ2n) is 5.54. The molecule has 0 aliphatic carbocycles. The Kier molecular flexibility index (Phi) is 5.98. The van der Waals surface area contributed by atoms with Crippen LogP contribution in [0.2, 0.25) is 5.28 Å². The minimum absolute atomic E-state index is 0.0479. The van der Waals surface area contributed by atoms with Gasteiger partial charge in [0.25, 0.3) is 0 Å². The van der Waals surface area contributed by atoms with Crippen molar-refractivity contribution >= 4 is 29.0 Å². The lowest BCUT2D eigenvalue weighted by molar-refractivity contribution is -0.138. The Morgan fingerprint density at radius 1 is 1.19 bits per heavy atom. The van der Waals surface area contributed by atoms with Gasteiger partial charge < -0.3 is 15.5 Å². The summed E-state index contributed by atoms with van der Waals surface area (Å²) in [5, 5.41) is 4.25. The summed E-state index contributed by atoms with van der Waals surface area (Å²) in [4.78, 5) is 20.6. The van der Waals surface area contributed by atoms with Crippen molar-refractivity contribution in [3.8, 4) is 0 Å². The molecule has 2 amide bonds. The number of carbonyl (C=O) groups excluding carboxylic acids is 1. The van der Waals surface area contributed by atoms with Gasteiger partial charge in [-0.15, -0.1) is 0 Å². The predicted molar refractivity (Wildman–Crippen MR) is 88.5 cm³/mol. The van der Waals surface area contributed by atoms with E-state index < -0.39 is 29.3 Å². The van der Waals surface area contributed by atoms with Crippen molar-refractivity contribution in [2.75, 3.05) is 24.7 Å². The monoisotopic (exact) mass is 391 g/mol. The van der Waals surface area contributed by atoms with E-state index in [-0.39, 0.29) is 23.1 Å². The number of alkyl halides is 3. The first-order valence-corrected chi connectivity index (χ1v) is 7.54.